The Balaban J connectivity index is 0.00000134. The lowest BCUT2D eigenvalue weighted by molar-refractivity contribution is -0.142. The highest BCUT2D eigenvalue weighted by molar-refractivity contribution is 5.66. The third-order valence-electron chi connectivity index (χ3n) is 13.5. The molecule has 0 aromatic heterocycles. The summed E-state index contributed by atoms with van der Waals surface area (Å²) in [5.74, 6) is 2.72. The minimum atomic E-state index is 0.0364. The van der Waals surface area contributed by atoms with Gasteiger partial charge in [-0.3, -0.25) is 4.79 Å². The van der Waals surface area contributed by atoms with Gasteiger partial charge in [0.25, 0.3) is 0 Å². The zero-order valence-electron chi connectivity index (χ0n) is 29.3. The molecule has 1 spiro atoms. The van der Waals surface area contributed by atoms with Crippen LogP contribution in [0.5, 0.6) is 0 Å². The molecule has 3 aliphatic carbocycles. The molecule has 4 aliphatic rings. The van der Waals surface area contributed by atoms with Crippen LogP contribution in [0.2, 0.25) is 0 Å². The Morgan fingerprint density at radius 3 is 2.23 bits per heavy atom. The molecule has 1 saturated heterocycles. The normalized spacial score (nSPS) is 45.6. The van der Waals surface area contributed by atoms with Crippen molar-refractivity contribution in [3.8, 4) is 0 Å². The Bertz CT molecular complexity index is 846. The molecule has 1 heterocycles. The number of hydrogen-bond donors (Lipinski definition) is 0. The van der Waals surface area contributed by atoms with Gasteiger partial charge in [0, 0.05) is 5.41 Å². The minimum Gasteiger partial charge on any atom is -0.370 e. The van der Waals surface area contributed by atoms with Gasteiger partial charge in [-0.25, -0.2) is 0 Å². The number of carbonyl (C=O) groups is 1. The monoisotopic (exact) mass is 559 g/mol. The third kappa shape index (κ3) is 5.55. The van der Waals surface area contributed by atoms with Crippen molar-refractivity contribution in [3.63, 3.8) is 0 Å². The van der Waals surface area contributed by atoms with Gasteiger partial charge in [-0.2, -0.15) is 0 Å². The number of carbonyl (C=O) groups excluding carboxylic acids is 1. The maximum absolute atomic E-state index is 11.6. The highest BCUT2D eigenvalue weighted by Crippen LogP contribution is 2.82. The lowest BCUT2D eigenvalue weighted by Gasteiger charge is -2.52. The van der Waals surface area contributed by atoms with Crippen molar-refractivity contribution in [1.29, 1.82) is 0 Å². The molecule has 10 atom stereocenters. The van der Waals surface area contributed by atoms with Crippen LogP contribution in [0.1, 0.15) is 167 Å². The van der Waals surface area contributed by atoms with E-state index in [1.54, 1.807) is 0 Å². The molecule has 4 fully saturated rings. The van der Waals surface area contributed by atoms with E-state index in [1.807, 2.05) is 33.8 Å². The highest BCUT2D eigenvalue weighted by atomic mass is 16.5. The molecule has 0 amide bonds. The van der Waals surface area contributed by atoms with Crippen molar-refractivity contribution in [1.82, 2.24) is 0 Å². The van der Waals surface area contributed by atoms with Gasteiger partial charge in [0.1, 0.15) is 6.29 Å². The first-order valence-corrected chi connectivity index (χ1v) is 17.8. The fourth-order valence-electron chi connectivity index (χ4n) is 10.3. The Morgan fingerprint density at radius 2 is 1.68 bits per heavy atom. The molecule has 2 heteroatoms. The van der Waals surface area contributed by atoms with Crippen molar-refractivity contribution in [2.75, 3.05) is 0 Å². The van der Waals surface area contributed by atoms with Crippen LogP contribution in [-0.2, 0) is 9.53 Å². The van der Waals surface area contributed by atoms with E-state index in [0.29, 0.717) is 23.4 Å². The maximum Gasteiger partial charge on any atom is 0.142 e. The first-order chi connectivity index (χ1) is 18.9. The van der Waals surface area contributed by atoms with Crippen LogP contribution in [0, 0.1) is 45.3 Å². The summed E-state index contributed by atoms with van der Waals surface area (Å²) in [6.07, 6.45) is 18.4. The average molecular weight is 559 g/mol. The smallest absolute Gasteiger partial charge is 0.142 e. The van der Waals surface area contributed by atoms with E-state index >= 15 is 0 Å². The Labute approximate surface area is 251 Å². The van der Waals surface area contributed by atoms with Crippen LogP contribution in [0.25, 0.3) is 0 Å². The number of aldehydes is 1. The highest BCUT2D eigenvalue weighted by Gasteiger charge is 2.79. The molecule has 8 unspecified atom stereocenters. The van der Waals surface area contributed by atoms with Crippen LogP contribution >= 0.6 is 0 Å². The van der Waals surface area contributed by atoms with E-state index in [1.165, 1.54) is 76.2 Å². The second-order valence-electron chi connectivity index (χ2n) is 14.8. The van der Waals surface area contributed by atoms with Crippen LogP contribution in [0.15, 0.2) is 11.6 Å². The summed E-state index contributed by atoms with van der Waals surface area (Å²) < 4.78 is 7.48. The summed E-state index contributed by atoms with van der Waals surface area (Å²) in [4.78, 5) is 11.6. The number of hydrogen-bond acceptors (Lipinski definition) is 2. The summed E-state index contributed by atoms with van der Waals surface area (Å²) >= 11 is 0. The fraction of sp³-hybridized carbons (Fsp3) is 0.921. The Kier molecular flexibility index (Phi) is 12.2. The number of ether oxygens (including phenoxy) is 1. The van der Waals surface area contributed by atoms with Crippen molar-refractivity contribution >= 4 is 6.29 Å². The molecule has 0 bridgehead atoms. The van der Waals surface area contributed by atoms with Crippen LogP contribution in [0.4, 0.5) is 0 Å². The molecule has 4 rings (SSSR count). The van der Waals surface area contributed by atoms with Crippen LogP contribution < -0.4 is 0 Å². The van der Waals surface area contributed by atoms with Crippen LogP contribution in [0.3, 0.4) is 0 Å². The van der Waals surface area contributed by atoms with E-state index in [-0.39, 0.29) is 21.8 Å². The number of rotatable bonds is 9. The average Bonchev–Trinajstić information content (AvgIpc) is 3.53. The van der Waals surface area contributed by atoms with Gasteiger partial charge >= 0.3 is 0 Å². The summed E-state index contributed by atoms with van der Waals surface area (Å²) in [5, 5.41) is 0. The zero-order chi connectivity index (χ0) is 30.6. The molecule has 40 heavy (non-hydrogen) atoms. The number of allylic oxidation sites excluding steroid dienone is 2. The lowest BCUT2D eigenvalue weighted by atomic mass is 9.53. The van der Waals surface area contributed by atoms with Gasteiger partial charge in [0.2, 0.25) is 0 Å². The van der Waals surface area contributed by atoms with Gasteiger partial charge in [-0.15, -0.1) is 0 Å². The first-order valence-electron chi connectivity index (χ1n) is 17.8. The third-order valence-corrected chi connectivity index (χ3v) is 13.5. The van der Waals surface area contributed by atoms with E-state index in [4.69, 9.17) is 4.74 Å². The predicted octanol–water partition coefficient (Wildman–Crippen LogP) is 11.6. The van der Waals surface area contributed by atoms with E-state index < -0.39 is 0 Å². The summed E-state index contributed by atoms with van der Waals surface area (Å²) in [6.45, 7) is 30.3. The van der Waals surface area contributed by atoms with Crippen molar-refractivity contribution in [2.45, 2.75) is 179 Å². The molecule has 1 aliphatic heterocycles. The lowest BCUT2D eigenvalue weighted by Crippen LogP contribution is -2.51. The second kappa shape index (κ2) is 13.8. The number of fused-ring (bicyclic) bond motifs is 2. The van der Waals surface area contributed by atoms with E-state index in [0.717, 1.165) is 24.5 Å². The maximum atomic E-state index is 11.6. The van der Waals surface area contributed by atoms with Gasteiger partial charge in [0.15, 0.2) is 0 Å². The predicted molar refractivity (Wildman–Crippen MR) is 175 cm³/mol. The van der Waals surface area contributed by atoms with E-state index in [2.05, 4.69) is 62.3 Å². The molecule has 0 N–H and O–H groups in total. The Hall–Kier alpha value is -0.630. The fourth-order valence-corrected chi connectivity index (χ4v) is 10.3. The van der Waals surface area contributed by atoms with Crippen molar-refractivity contribution in [2.24, 2.45) is 45.3 Å². The van der Waals surface area contributed by atoms with Gasteiger partial charge < -0.3 is 4.74 Å². The molecule has 2 nitrogen and oxygen atoms in total. The molecular weight excluding hydrogens is 488 g/mol. The quantitative estimate of drug-likeness (QED) is 0.208. The molecule has 0 radical (unpaired) electrons. The van der Waals surface area contributed by atoms with E-state index in [9.17, 15) is 4.79 Å². The van der Waals surface area contributed by atoms with Gasteiger partial charge in [-0.05, 0) is 110 Å². The van der Waals surface area contributed by atoms with Crippen molar-refractivity contribution < 1.29 is 9.53 Å². The second-order valence-corrected chi connectivity index (χ2v) is 14.8. The molecule has 3 saturated carbocycles. The van der Waals surface area contributed by atoms with Gasteiger partial charge in [0.05, 0.1) is 11.7 Å². The van der Waals surface area contributed by atoms with Crippen molar-refractivity contribution in [3.05, 3.63) is 11.6 Å². The largest absolute Gasteiger partial charge is 0.370 e. The SMILES string of the molecule is CC.CC.CCCC1(C)/C(=C\C=O)CCC(C)C1CC12CCCC3(O[C@H](CC(C)CC)C(C)(CC)[C@H]3C)C1(C)C2. The summed E-state index contributed by atoms with van der Waals surface area (Å²) in [5.41, 5.74) is 2.61. The first kappa shape index (κ1) is 35.6. The minimum absolute atomic E-state index is 0.0364. The summed E-state index contributed by atoms with van der Waals surface area (Å²) in [7, 11) is 0. The zero-order valence-corrected chi connectivity index (χ0v) is 29.3. The standard InChI is InChI=1S/C34H58O2.2C2H6/c1-10-17-31(8)27(16-20-35)15-14-25(5)28(31)22-33-18-13-19-34(32(33,9)23-33)26(6)30(7,12-3)29(36-34)21-24(4)11-2;2*1-2/h16,20,24-26,28-29H,10-15,17-19,21-23H2,1-9H3;2*1-2H3/b27-16-;;/t24?,25?,26-,28?,29-,30?,31?,32?,33?,34?;;/m1../s1. The molecule has 0 aromatic carbocycles. The summed E-state index contributed by atoms with van der Waals surface area (Å²) in [6, 6.07) is 0. The molecule has 234 valence electrons. The topological polar surface area (TPSA) is 26.3 Å². The Morgan fingerprint density at radius 1 is 1.02 bits per heavy atom. The molecule has 0 aromatic rings. The van der Waals surface area contributed by atoms with Crippen LogP contribution in [-0.4, -0.2) is 18.0 Å². The molecular formula is C38H70O2. The van der Waals surface area contributed by atoms with Gasteiger partial charge in [-0.1, -0.05) is 108 Å².